The number of hydrogen-bond donors (Lipinski definition) is 0. The standard InChI is InChI=1S/C13H11ClN4/c1-8-6-15-13(14)17-12(8)9-3-4-11-10(5-9)16-7-18(11)2/h3-7H,1-2H3. The first-order chi connectivity index (χ1) is 8.65. The summed E-state index contributed by atoms with van der Waals surface area (Å²) in [4.78, 5) is 12.6. The fourth-order valence-corrected chi connectivity index (χ4v) is 2.13. The number of imidazole rings is 1. The summed E-state index contributed by atoms with van der Waals surface area (Å²) in [5, 5.41) is 0.261. The van der Waals surface area contributed by atoms with Crippen molar-refractivity contribution in [3.8, 4) is 11.3 Å². The highest BCUT2D eigenvalue weighted by molar-refractivity contribution is 6.28. The van der Waals surface area contributed by atoms with Crippen molar-refractivity contribution in [2.45, 2.75) is 6.92 Å². The predicted octanol–water partition coefficient (Wildman–Crippen LogP) is 2.99. The van der Waals surface area contributed by atoms with Gasteiger partial charge in [0.15, 0.2) is 0 Å². The normalized spacial score (nSPS) is 11.1. The summed E-state index contributed by atoms with van der Waals surface area (Å²) in [5.74, 6) is 0. The lowest BCUT2D eigenvalue weighted by molar-refractivity contribution is 0.948. The smallest absolute Gasteiger partial charge is 0.222 e. The van der Waals surface area contributed by atoms with E-state index in [-0.39, 0.29) is 5.28 Å². The van der Waals surface area contributed by atoms with E-state index >= 15 is 0 Å². The average molecular weight is 259 g/mol. The van der Waals surface area contributed by atoms with Crippen molar-refractivity contribution in [3.63, 3.8) is 0 Å². The molecule has 1 aromatic carbocycles. The van der Waals surface area contributed by atoms with Crippen LogP contribution in [0.3, 0.4) is 0 Å². The second-order valence-electron chi connectivity index (χ2n) is 4.23. The van der Waals surface area contributed by atoms with Crippen LogP contribution in [0.1, 0.15) is 5.56 Å². The Balaban J connectivity index is 2.22. The van der Waals surface area contributed by atoms with Crippen molar-refractivity contribution in [3.05, 3.63) is 41.6 Å². The van der Waals surface area contributed by atoms with Gasteiger partial charge in [0.1, 0.15) is 0 Å². The van der Waals surface area contributed by atoms with Crippen LogP contribution in [0.2, 0.25) is 5.28 Å². The van der Waals surface area contributed by atoms with Gasteiger partial charge in [0.25, 0.3) is 0 Å². The number of hydrogen-bond acceptors (Lipinski definition) is 3. The van der Waals surface area contributed by atoms with Crippen LogP contribution in [0.4, 0.5) is 0 Å². The summed E-state index contributed by atoms with van der Waals surface area (Å²) in [5.41, 5.74) is 4.89. The Bertz CT molecular complexity index is 733. The van der Waals surface area contributed by atoms with Crippen LogP contribution in [0, 0.1) is 6.92 Å². The molecular formula is C13H11ClN4. The third-order valence-corrected chi connectivity index (χ3v) is 3.12. The topological polar surface area (TPSA) is 43.6 Å². The van der Waals surface area contributed by atoms with Crippen LogP contribution < -0.4 is 0 Å². The Morgan fingerprint density at radius 1 is 1.22 bits per heavy atom. The number of benzene rings is 1. The first kappa shape index (κ1) is 11.2. The Labute approximate surface area is 109 Å². The largest absolute Gasteiger partial charge is 0.334 e. The fourth-order valence-electron chi connectivity index (χ4n) is 2.00. The highest BCUT2D eigenvalue weighted by Gasteiger charge is 2.08. The molecule has 0 N–H and O–H groups in total. The molecule has 2 aromatic heterocycles. The lowest BCUT2D eigenvalue weighted by Crippen LogP contribution is -1.92. The molecule has 0 spiro atoms. The van der Waals surface area contributed by atoms with Crippen LogP contribution >= 0.6 is 11.6 Å². The molecule has 5 heteroatoms. The maximum Gasteiger partial charge on any atom is 0.222 e. The third kappa shape index (κ3) is 1.75. The third-order valence-electron chi connectivity index (χ3n) is 2.94. The molecule has 0 saturated heterocycles. The summed E-state index contributed by atoms with van der Waals surface area (Å²) in [6, 6.07) is 6.07. The average Bonchev–Trinajstić information content (AvgIpc) is 2.74. The lowest BCUT2D eigenvalue weighted by atomic mass is 10.1. The van der Waals surface area contributed by atoms with Crippen LogP contribution in [0.5, 0.6) is 0 Å². The van der Waals surface area contributed by atoms with Crippen molar-refractivity contribution >= 4 is 22.6 Å². The minimum Gasteiger partial charge on any atom is -0.334 e. The van der Waals surface area contributed by atoms with Crippen molar-refractivity contribution < 1.29 is 0 Å². The van der Waals surface area contributed by atoms with Crippen LogP contribution in [0.25, 0.3) is 22.3 Å². The Morgan fingerprint density at radius 3 is 2.89 bits per heavy atom. The molecule has 0 fully saturated rings. The predicted molar refractivity (Wildman–Crippen MR) is 71.5 cm³/mol. The highest BCUT2D eigenvalue weighted by Crippen LogP contribution is 2.25. The molecule has 0 aliphatic rings. The number of halogens is 1. The molecule has 0 atom stereocenters. The monoisotopic (exact) mass is 258 g/mol. The summed E-state index contributed by atoms with van der Waals surface area (Å²) < 4.78 is 1.99. The quantitative estimate of drug-likeness (QED) is 0.630. The minimum atomic E-state index is 0.261. The minimum absolute atomic E-state index is 0.261. The van der Waals surface area contributed by atoms with E-state index in [0.717, 1.165) is 27.9 Å². The van der Waals surface area contributed by atoms with E-state index in [1.807, 2.05) is 36.7 Å². The first-order valence-electron chi connectivity index (χ1n) is 5.56. The second-order valence-corrected chi connectivity index (χ2v) is 4.57. The van der Waals surface area contributed by atoms with Crippen LogP contribution in [-0.2, 0) is 7.05 Å². The Hall–Kier alpha value is -1.94. The van der Waals surface area contributed by atoms with E-state index in [9.17, 15) is 0 Å². The van der Waals surface area contributed by atoms with Crippen molar-refractivity contribution in [1.82, 2.24) is 19.5 Å². The molecule has 4 nitrogen and oxygen atoms in total. The molecular weight excluding hydrogens is 248 g/mol. The molecule has 3 aromatic rings. The van der Waals surface area contributed by atoms with E-state index in [0.29, 0.717) is 0 Å². The van der Waals surface area contributed by atoms with Gasteiger partial charge in [0.2, 0.25) is 5.28 Å². The van der Waals surface area contributed by atoms with Gasteiger partial charge in [0, 0.05) is 18.8 Å². The molecule has 0 radical (unpaired) electrons. The van der Waals surface area contributed by atoms with Gasteiger partial charge in [-0.1, -0.05) is 6.07 Å². The lowest BCUT2D eigenvalue weighted by Gasteiger charge is -2.05. The van der Waals surface area contributed by atoms with Gasteiger partial charge >= 0.3 is 0 Å². The number of aryl methyl sites for hydroxylation is 2. The van der Waals surface area contributed by atoms with Gasteiger partial charge < -0.3 is 4.57 Å². The highest BCUT2D eigenvalue weighted by atomic mass is 35.5. The SMILES string of the molecule is Cc1cnc(Cl)nc1-c1ccc2c(c1)ncn2C. The van der Waals surface area contributed by atoms with Gasteiger partial charge in [-0.25, -0.2) is 15.0 Å². The summed E-state index contributed by atoms with van der Waals surface area (Å²) in [7, 11) is 1.97. The number of aromatic nitrogens is 4. The fraction of sp³-hybridized carbons (Fsp3) is 0.154. The molecule has 0 amide bonds. The van der Waals surface area contributed by atoms with E-state index in [1.54, 1.807) is 12.5 Å². The van der Waals surface area contributed by atoms with Crippen molar-refractivity contribution in [2.24, 2.45) is 7.05 Å². The summed E-state index contributed by atoms with van der Waals surface area (Å²) in [6.07, 6.45) is 3.53. The molecule has 3 rings (SSSR count). The van der Waals surface area contributed by atoms with Gasteiger partial charge in [-0.15, -0.1) is 0 Å². The molecule has 90 valence electrons. The van der Waals surface area contributed by atoms with Crippen molar-refractivity contribution in [1.29, 1.82) is 0 Å². The number of fused-ring (bicyclic) bond motifs is 1. The first-order valence-corrected chi connectivity index (χ1v) is 5.93. The zero-order chi connectivity index (χ0) is 12.7. The van der Waals surface area contributed by atoms with Gasteiger partial charge in [-0.05, 0) is 36.2 Å². The van der Waals surface area contributed by atoms with E-state index in [4.69, 9.17) is 11.6 Å². The molecule has 2 heterocycles. The molecule has 0 aliphatic carbocycles. The zero-order valence-corrected chi connectivity index (χ0v) is 10.8. The summed E-state index contributed by atoms with van der Waals surface area (Å²) in [6.45, 7) is 1.97. The van der Waals surface area contributed by atoms with E-state index in [1.165, 1.54) is 0 Å². The van der Waals surface area contributed by atoms with Gasteiger partial charge in [0.05, 0.1) is 23.1 Å². The molecule has 0 unspecified atom stereocenters. The summed E-state index contributed by atoms with van der Waals surface area (Å²) >= 11 is 5.85. The van der Waals surface area contributed by atoms with Gasteiger partial charge in [-0.2, -0.15) is 0 Å². The van der Waals surface area contributed by atoms with Crippen molar-refractivity contribution in [2.75, 3.05) is 0 Å². The Kier molecular flexibility index (Phi) is 2.52. The zero-order valence-electron chi connectivity index (χ0n) is 10.1. The molecule has 18 heavy (non-hydrogen) atoms. The maximum absolute atomic E-state index is 5.85. The van der Waals surface area contributed by atoms with E-state index in [2.05, 4.69) is 15.0 Å². The molecule has 0 saturated carbocycles. The number of nitrogens with zero attached hydrogens (tertiary/aromatic N) is 4. The van der Waals surface area contributed by atoms with Gasteiger partial charge in [-0.3, -0.25) is 0 Å². The molecule has 0 aliphatic heterocycles. The molecule has 0 bridgehead atoms. The number of rotatable bonds is 1. The van der Waals surface area contributed by atoms with Crippen LogP contribution in [0.15, 0.2) is 30.7 Å². The van der Waals surface area contributed by atoms with Crippen LogP contribution in [-0.4, -0.2) is 19.5 Å². The Morgan fingerprint density at radius 2 is 2.06 bits per heavy atom. The maximum atomic E-state index is 5.85. The van der Waals surface area contributed by atoms with E-state index < -0.39 is 0 Å². The second kappa shape index (κ2) is 4.07.